The third-order valence-corrected chi connectivity index (χ3v) is 4.72. The van der Waals surface area contributed by atoms with Crippen molar-refractivity contribution in [2.24, 2.45) is 0 Å². The standard InChI is InChI=1S/C12H19N2O3P.ClH/c1-3-12(4-2)8-7-9-5-6-10(18(15,16)17)13-11(9)14-12;/h5-6H,3-4,7-8H2,1-2H3,(H,13,14)(H2,15,16,17);1H. The van der Waals surface area contributed by atoms with E-state index in [0.717, 1.165) is 31.2 Å². The summed E-state index contributed by atoms with van der Waals surface area (Å²) in [7, 11) is -4.27. The molecule has 19 heavy (non-hydrogen) atoms. The van der Waals surface area contributed by atoms with Gasteiger partial charge in [-0.1, -0.05) is 19.9 Å². The Morgan fingerprint density at radius 3 is 2.53 bits per heavy atom. The van der Waals surface area contributed by atoms with Gasteiger partial charge >= 0.3 is 7.60 Å². The molecule has 0 saturated carbocycles. The summed E-state index contributed by atoms with van der Waals surface area (Å²) < 4.78 is 11.2. The van der Waals surface area contributed by atoms with Crippen LogP contribution in [0.15, 0.2) is 12.1 Å². The van der Waals surface area contributed by atoms with Gasteiger partial charge in [-0.15, -0.1) is 12.4 Å². The average Bonchev–Trinajstić information content (AvgIpc) is 2.36. The lowest BCUT2D eigenvalue weighted by molar-refractivity contribution is 0.383. The van der Waals surface area contributed by atoms with Crippen LogP contribution in [0.1, 0.15) is 38.7 Å². The second-order valence-electron chi connectivity index (χ2n) is 4.83. The second kappa shape index (κ2) is 5.80. The van der Waals surface area contributed by atoms with Crippen LogP contribution in [-0.4, -0.2) is 20.3 Å². The maximum Gasteiger partial charge on any atom is 0.374 e. The third kappa shape index (κ3) is 3.29. The summed E-state index contributed by atoms with van der Waals surface area (Å²) in [6.07, 6.45) is 3.89. The smallest absolute Gasteiger partial charge is 0.364 e. The van der Waals surface area contributed by atoms with Crippen molar-refractivity contribution in [3.63, 3.8) is 0 Å². The highest BCUT2D eigenvalue weighted by atomic mass is 35.5. The summed E-state index contributed by atoms with van der Waals surface area (Å²) in [4.78, 5) is 22.4. The SMILES string of the molecule is CCC1(CC)CCc2ccc(P(=O)(O)O)nc2N1.Cl. The molecule has 2 rings (SSSR count). The molecule has 0 atom stereocenters. The molecule has 2 heterocycles. The number of nitrogens with zero attached hydrogens (tertiary/aromatic N) is 1. The highest BCUT2D eigenvalue weighted by Gasteiger charge is 2.32. The van der Waals surface area contributed by atoms with Gasteiger partial charge in [0.05, 0.1) is 0 Å². The van der Waals surface area contributed by atoms with Crippen LogP contribution in [0.5, 0.6) is 0 Å². The number of nitrogens with one attached hydrogen (secondary N) is 1. The minimum absolute atomic E-state index is 0. The summed E-state index contributed by atoms with van der Waals surface area (Å²) in [5.41, 5.74) is 0.884. The topological polar surface area (TPSA) is 82.5 Å². The predicted molar refractivity (Wildman–Crippen MR) is 78.4 cm³/mol. The molecule has 7 heteroatoms. The van der Waals surface area contributed by atoms with Gasteiger partial charge in [-0.2, -0.15) is 0 Å². The van der Waals surface area contributed by atoms with Crippen LogP contribution in [0.25, 0.3) is 0 Å². The first-order chi connectivity index (χ1) is 8.40. The van der Waals surface area contributed by atoms with E-state index in [-0.39, 0.29) is 23.4 Å². The Balaban J connectivity index is 0.00000180. The summed E-state index contributed by atoms with van der Waals surface area (Å²) in [6, 6.07) is 3.19. The highest BCUT2D eigenvalue weighted by Crippen LogP contribution is 2.37. The van der Waals surface area contributed by atoms with Crippen LogP contribution in [0, 0.1) is 0 Å². The Kier molecular flexibility index (Phi) is 5.02. The van der Waals surface area contributed by atoms with E-state index in [1.165, 1.54) is 6.07 Å². The molecule has 1 aliphatic rings. The van der Waals surface area contributed by atoms with Crippen molar-refractivity contribution < 1.29 is 14.4 Å². The van der Waals surface area contributed by atoms with E-state index in [4.69, 9.17) is 9.79 Å². The number of aryl methyl sites for hydroxylation is 1. The van der Waals surface area contributed by atoms with E-state index in [9.17, 15) is 4.57 Å². The van der Waals surface area contributed by atoms with E-state index in [1.807, 2.05) is 0 Å². The zero-order valence-electron chi connectivity index (χ0n) is 11.1. The molecule has 5 nitrogen and oxygen atoms in total. The Labute approximate surface area is 119 Å². The number of anilines is 1. The van der Waals surface area contributed by atoms with Crippen molar-refractivity contribution in [1.29, 1.82) is 0 Å². The fourth-order valence-corrected chi connectivity index (χ4v) is 2.92. The third-order valence-electron chi connectivity index (χ3n) is 3.87. The maximum absolute atomic E-state index is 11.2. The van der Waals surface area contributed by atoms with Crippen molar-refractivity contribution in [1.82, 2.24) is 4.98 Å². The molecule has 108 valence electrons. The maximum atomic E-state index is 11.2. The van der Waals surface area contributed by atoms with Crippen molar-refractivity contribution >= 4 is 31.3 Å². The van der Waals surface area contributed by atoms with Crippen LogP contribution >= 0.6 is 20.0 Å². The normalized spacial score (nSPS) is 17.1. The molecular formula is C12H20ClN2O3P. The van der Waals surface area contributed by atoms with E-state index in [2.05, 4.69) is 24.1 Å². The molecular weight excluding hydrogens is 287 g/mol. The number of hydrogen-bond donors (Lipinski definition) is 3. The number of rotatable bonds is 3. The summed E-state index contributed by atoms with van der Waals surface area (Å²) >= 11 is 0. The lowest BCUT2D eigenvalue weighted by Gasteiger charge is -2.38. The van der Waals surface area contributed by atoms with Gasteiger partial charge in [-0.05, 0) is 37.3 Å². The van der Waals surface area contributed by atoms with E-state index < -0.39 is 7.60 Å². The van der Waals surface area contributed by atoms with Gasteiger partial charge in [-0.25, -0.2) is 4.98 Å². The molecule has 1 aromatic heterocycles. The number of aromatic nitrogens is 1. The predicted octanol–water partition coefficient (Wildman–Crippen LogP) is 2.22. The first kappa shape index (κ1) is 16.4. The molecule has 0 bridgehead atoms. The van der Waals surface area contributed by atoms with Crippen molar-refractivity contribution in [3.05, 3.63) is 17.7 Å². The highest BCUT2D eigenvalue weighted by molar-refractivity contribution is 7.60. The molecule has 0 aliphatic carbocycles. The zero-order chi connectivity index (χ0) is 13.4. The molecule has 0 spiro atoms. The van der Waals surface area contributed by atoms with Crippen LogP contribution in [0.2, 0.25) is 0 Å². The Hall–Kier alpha value is -0.610. The Morgan fingerprint density at radius 2 is 2.00 bits per heavy atom. The number of pyridine rings is 1. The number of hydrogen-bond acceptors (Lipinski definition) is 3. The van der Waals surface area contributed by atoms with Crippen LogP contribution in [0.3, 0.4) is 0 Å². The largest absolute Gasteiger partial charge is 0.374 e. The fraction of sp³-hybridized carbons (Fsp3) is 0.583. The molecule has 0 amide bonds. The monoisotopic (exact) mass is 306 g/mol. The zero-order valence-corrected chi connectivity index (χ0v) is 12.8. The molecule has 0 radical (unpaired) electrons. The number of fused-ring (bicyclic) bond motifs is 1. The molecule has 0 aromatic carbocycles. The van der Waals surface area contributed by atoms with Crippen LogP contribution < -0.4 is 10.8 Å². The Bertz CT molecular complexity index is 500. The molecule has 1 aromatic rings. The van der Waals surface area contributed by atoms with Crippen LogP contribution in [0.4, 0.5) is 5.82 Å². The Morgan fingerprint density at radius 1 is 1.37 bits per heavy atom. The van der Waals surface area contributed by atoms with Crippen molar-refractivity contribution in [3.8, 4) is 0 Å². The van der Waals surface area contributed by atoms with E-state index in [0.29, 0.717) is 5.82 Å². The van der Waals surface area contributed by atoms with Gasteiger partial charge in [0.15, 0.2) is 5.44 Å². The van der Waals surface area contributed by atoms with Gasteiger partial charge < -0.3 is 15.1 Å². The van der Waals surface area contributed by atoms with Crippen LogP contribution in [-0.2, 0) is 11.0 Å². The van der Waals surface area contributed by atoms with Crippen molar-refractivity contribution in [2.75, 3.05) is 5.32 Å². The second-order valence-corrected chi connectivity index (χ2v) is 6.38. The van der Waals surface area contributed by atoms with Gasteiger partial charge in [0.2, 0.25) is 0 Å². The molecule has 3 N–H and O–H groups in total. The van der Waals surface area contributed by atoms with Crippen molar-refractivity contribution in [2.45, 2.75) is 45.1 Å². The molecule has 0 unspecified atom stereocenters. The average molecular weight is 307 g/mol. The summed E-state index contributed by atoms with van der Waals surface area (Å²) in [6.45, 7) is 4.24. The quantitative estimate of drug-likeness (QED) is 0.746. The molecule has 0 saturated heterocycles. The minimum atomic E-state index is -4.27. The first-order valence-corrected chi connectivity index (χ1v) is 7.85. The van der Waals surface area contributed by atoms with E-state index >= 15 is 0 Å². The minimum Gasteiger partial charge on any atom is -0.364 e. The molecule has 0 fully saturated rings. The number of halogens is 1. The lowest BCUT2D eigenvalue weighted by atomic mass is 9.83. The van der Waals surface area contributed by atoms with Gasteiger partial charge in [0.25, 0.3) is 0 Å². The van der Waals surface area contributed by atoms with E-state index in [1.54, 1.807) is 6.07 Å². The first-order valence-electron chi connectivity index (χ1n) is 6.24. The van der Waals surface area contributed by atoms with Gasteiger partial charge in [0.1, 0.15) is 5.82 Å². The fourth-order valence-electron chi connectivity index (χ4n) is 2.42. The summed E-state index contributed by atoms with van der Waals surface area (Å²) in [5.74, 6) is 0.630. The van der Waals surface area contributed by atoms with Gasteiger partial charge in [0, 0.05) is 5.54 Å². The molecule has 1 aliphatic heterocycles. The summed E-state index contributed by atoms with van der Waals surface area (Å²) in [5, 5.41) is 3.37. The van der Waals surface area contributed by atoms with Gasteiger partial charge in [-0.3, -0.25) is 4.57 Å². The lowest BCUT2D eigenvalue weighted by Crippen LogP contribution is -2.41.